The molecule has 6 heteroatoms. The van der Waals surface area contributed by atoms with Gasteiger partial charge in [-0.05, 0) is 31.2 Å². The Hall–Kier alpha value is -2.63. The van der Waals surface area contributed by atoms with Gasteiger partial charge in [-0.3, -0.25) is 0 Å². The molecule has 1 aliphatic carbocycles. The summed E-state index contributed by atoms with van der Waals surface area (Å²) in [5, 5.41) is 0. The summed E-state index contributed by atoms with van der Waals surface area (Å²) in [7, 11) is 0. The van der Waals surface area contributed by atoms with Crippen molar-refractivity contribution in [3.8, 4) is 17.3 Å². The molecule has 1 aromatic carbocycles. The van der Waals surface area contributed by atoms with Crippen LogP contribution in [0.1, 0.15) is 37.7 Å². The third kappa shape index (κ3) is 3.29. The lowest BCUT2D eigenvalue weighted by atomic mass is 9.90. The molecule has 130 valence electrons. The van der Waals surface area contributed by atoms with Gasteiger partial charge in [-0.25, -0.2) is 4.98 Å². The number of aromatic nitrogens is 4. The van der Waals surface area contributed by atoms with Gasteiger partial charge in [0.1, 0.15) is 11.3 Å². The van der Waals surface area contributed by atoms with Gasteiger partial charge in [0.25, 0.3) is 0 Å². The second-order valence-corrected chi connectivity index (χ2v) is 6.80. The van der Waals surface area contributed by atoms with Crippen LogP contribution in [-0.2, 0) is 0 Å². The number of nitrogen functional groups attached to an aromatic ring is 1. The van der Waals surface area contributed by atoms with E-state index in [1.165, 1.54) is 32.1 Å². The van der Waals surface area contributed by atoms with Crippen LogP contribution in [-0.4, -0.2) is 26.5 Å². The number of aromatic amines is 1. The van der Waals surface area contributed by atoms with Crippen molar-refractivity contribution in [3.05, 3.63) is 29.8 Å². The Morgan fingerprint density at radius 1 is 1.12 bits per heavy atom. The molecular weight excluding hydrogens is 314 g/mol. The summed E-state index contributed by atoms with van der Waals surface area (Å²) in [5.41, 5.74) is 9.30. The van der Waals surface area contributed by atoms with Gasteiger partial charge >= 0.3 is 0 Å². The Balaban J connectivity index is 1.66. The molecule has 0 unspecified atom stereocenters. The third-order valence-electron chi connectivity index (χ3n) is 4.92. The molecule has 4 rings (SSSR count). The fourth-order valence-corrected chi connectivity index (χ4v) is 3.51. The zero-order valence-electron chi connectivity index (χ0n) is 14.5. The molecule has 0 spiro atoms. The van der Waals surface area contributed by atoms with Crippen molar-refractivity contribution < 1.29 is 4.74 Å². The molecular formula is C19H23N5O. The Bertz CT molecular complexity index is 883. The highest BCUT2D eigenvalue weighted by Crippen LogP contribution is 2.29. The van der Waals surface area contributed by atoms with Crippen LogP contribution in [0.25, 0.3) is 22.6 Å². The Morgan fingerprint density at radius 2 is 1.92 bits per heavy atom. The van der Waals surface area contributed by atoms with E-state index in [0.717, 1.165) is 17.0 Å². The summed E-state index contributed by atoms with van der Waals surface area (Å²) >= 11 is 0. The minimum absolute atomic E-state index is 0.189. The number of benzene rings is 1. The normalized spacial score (nSPS) is 15.6. The first-order valence-electron chi connectivity index (χ1n) is 8.93. The predicted octanol–water partition coefficient (Wildman–Crippen LogP) is 3.87. The summed E-state index contributed by atoms with van der Waals surface area (Å²) in [6.07, 6.45) is 6.36. The van der Waals surface area contributed by atoms with Gasteiger partial charge in [0.15, 0.2) is 5.65 Å². The number of anilines is 1. The second-order valence-electron chi connectivity index (χ2n) is 6.80. The Morgan fingerprint density at radius 3 is 2.72 bits per heavy atom. The van der Waals surface area contributed by atoms with Gasteiger partial charge in [0.2, 0.25) is 11.8 Å². The molecule has 0 aliphatic heterocycles. The smallest absolute Gasteiger partial charge is 0.245 e. The maximum atomic E-state index is 6.02. The predicted molar refractivity (Wildman–Crippen MR) is 98.3 cm³/mol. The highest BCUT2D eigenvalue weighted by molar-refractivity contribution is 5.81. The molecule has 0 radical (unpaired) electrons. The third-order valence-corrected chi connectivity index (χ3v) is 4.92. The maximum absolute atomic E-state index is 6.02. The monoisotopic (exact) mass is 337 g/mol. The summed E-state index contributed by atoms with van der Waals surface area (Å²) in [4.78, 5) is 16.5. The minimum Gasteiger partial charge on any atom is -0.476 e. The summed E-state index contributed by atoms with van der Waals surface area (Å²) in [6.45, 7) is 2.73. The number of nitrogens with one attached hydrogen (secondary N) is 1. The number of ether oxygens (including phenoxy) is 1. The number of aryl methyl sites for hydroxylation is 1. The molecule has 1 fully saturated rings. The highest BCUT2D eigenvalue weighted by atomic mass is 16.5. The molecule has 3 aromatic rings. The lowest BCUT2D eigenvalue weighted by molar-refractivity contribution is 0.205. The van der Waals surface area contributed by atoms with E-state index < -0.39 is 0 Å². The van der Waals surface area contributed by atoms with Crippen LogP contribution in [0.2, 0.25) is 0 Å². The van der Waals surface area contributed by atoms with Crippen molar-refractivity contribution in [2.24, 2.45) is 5.92 Å². The molecule has 0 atom stereocenters. The standard InChI is InChI=1S/C19H23N5O/c1-12-7-5-6-10-14(12)16-21-15-17(22-16)23-19(20)24-18(15)25-11-13-8-3-2-4-9-13/h5-7,10,13H,2-4,8-9,11H2,1H3,(H3,20,21,22,23,24). The van der Waals surface area contributed by atoms with Gasteiger partial charge < -0.3 is 15.5 Å². The highest BCUT2D eigenvalue weighted by Gasteiger charge is 2.18. The summed E-state index contributed by atoms with van der Waals surface area (Å²) in [6, 6.07) is 8.10. The fourth-order valence-electron chi connectivity index (χ4n) is 3.51. The van der Waals surface area contributed by atoms with Gasteiger partial charge in [-0.1, -0.05) is 43.5 Å². The summed E-state index contributed by atoms with van der Waals surface area (Å²) in [5.74, 6) is 2.05. The quantitative estimate of drug-likeness (QED) is 0.754. The number of hydrogen-bond donors (Lipinski definition) is 2. The SMILES string of the molecule is Cc1ccccc1-c1nc2nc(N)nc(OCC3CCCCC3)c2[nH]1. The summed E-state index contributed by atoms with van der Waals surface area (Å²) < 4.78 is 6.02. The van der Waals surface area contributed by atoms with E-state index in [9.17, 15) is 0 Å². The van der Waals surface area contributed by atoms with E-state index in [4.69, 9.17) is 10.5 Å². The van der Waals surface area contributed by atoms with Crippen LogP contribution >= 0.6 is 0 Å². The van der Waals surface area contributed by atoms with E-state index in [2.05, 4.69) is 32.9 Å². The average molecular weight is 337 g/mol. The van der Waals surface area contributed by atoms with Crippen LogP contribution < -0.4 is 10.5 Å². The number of nitrogens with zero attached hydrogens (tertiary/aromatic N) is 3. The van der Waals surface area contributed by atoms with Crippen molar-refractivity contribution in [2.45, 2.75) is 39.0 Å². The first kappa shape index (κ1) is 15.9. The minimum atomic E-state index is 0.189. The van der Waals surface area contributed by atoms with Crippen molar-refractivity contribution in [3.63, 3.8) is 0 Å². The lowest BCUT2D eigenvalue weighted by Crippen LogP contribution is -2.16. The maximum Gasteiger partial charge on any atom is 0.245 e. The number of H-pyrrole nitrogens is 1. The van der Waals surface area contributed by atoms with Crippen molar-refractivity contribution in [1.82, 2.24) is 19.9 Å². The Labute approximate surface area is 146 Å². The molecule has 6 nitrogen and oxygen atoms in total. The van der Waals surface area contributed by atoms with Crippen LogP contribution in [0.4, 0.5) is 5.95 Å². The van der Waals surface area contributed by atoms with Crippen LogP contribution in [0.3, 0.4) is 0 Å². The van der Waals surface area contributed by atoms with Crippen molar-refractivity contribution >= 4 is 17.1 Å². The molecule has 25 heavy (non-hydrogen) atoms. The topological polar surface area (TPSA) is 89.7 Å². The largest absolute Gasteiger partial charge is 0.476 e. The van der Waals surface area contributed by atoms with Gasteiger partial charge in [0, 0.05) is 5.56 Å². The molecule has 0 bridgehead atoms. The van der Waals surface area contributed by atoms with Crippen LogP contribution in [0.15, 0.2) is 24.3 Å². The number of nitrogens with two attached hydrogens (primary N) is 1. The average Bonchev–Trinajstić information content (AvgIpc) is 3.04. The first-order valence-corrected chi connectivity index (χ1v) is 8.93. The van der Waals surface area contributed by atoms with Crippen molar-refractivity contribution in [2.75, 3.05) is 12.3 Å². The first-order chi connectivity index (χ1) is 12.2. The molecule has 3 N–H and O–H groups in total. The van der Waals surface area contributed by atoms with Gasteiger partial charge in [0.05, 0.1) is 6.61 Å². The van der Waals surface area contributed by atoms with E-state index in [0.29, 0.717) is 29.6 Å². The molecule has 0 amide bonds. The second kappa shape index (κ2) is 6.70. The number of imidazole rings is 1. The molecule has 1 aliphatic rings. The van der Waals surface area contributed by atoms with Crippen LogP contribution in [0.5, 0.6) is 5.88 Å². The Kier molecular flexibility index (Phi) is 4.26. The molecule has 0 saturated heterocycles. The fraction of sp³-hybridized carbons (Fsp3) is 0.421. The van der Waals surface area contributed by atoms with Crippen LogP contribution in [0, 0.1) is 12.8 Å². The lowest BCUT2D eigenvalue weighted by Gasteiger charge is -2.21. The molecule has 2 aromatic heterocycles. The number of fused-ring (bicyclic) bond motifs is 1. The molecule has 2 heterocycles. The van der Waals surface area contributed by atoms with Crippen molar-refractivity contribution in [1.29, 1.82) is 0 Å². The van der Waals surface area contributed by atoms with Gasteiger partial charge in [-0.15, -0.1) is 0 Å². The van der Waals surface area contributed by atoms with E-state index >= 15 is 0 Å². The zero-order valence-corrected chi connectivity index (χ0v) is 14.5. The van der Waals surface area contributed by atoms with E-state index in [1.807, 2.05) is 18.2 Å². The van der Waals surface area contributed by atoms with E-state index in [-0.39, 0.29) is 5.95 Å². The molecule has 1 saturated carbocycles. The zero-order chi connectivity index (χ0) is 17.2. The number of rotatable bonds is 4. The van der Waals surface area contributed by atoms with Gasteiger partial charge in [-0.2, -0.15) is 9.97 Å². The van der Waals surface area contributed by atoms with E-state index in [1.54, 1.807) is 0 Å². The number of hydrogen-bond acceptors (Lipinski definition) is 5.